The highest BCUT2D eigenvalue weighted by atomic mass is 35.5. The number of benzene rings is 2. The van der Waals surface area contributed by atoms with E-state index in [1.165, 1.54) is 34.6 Å². The highest BCUT2D eigenvalue weighted by Crippen LogP contribution is 2.30. The summed E-state index contributed by atoms with van der Waals surface area (Å²) in [6.45, 7) is 2.03. The van der Waals surface area contributed by atoms with Crippen molar-refractivity contribution in [3.63, 3.8) is 0 Å². The van der Waals surface area contributed by atoms with Gasteiger partial charge in [-0.2, -0.15) is 0 Å². The summed E-state index contributed by atoms with van der Waals surface area (Å²) < 4.78 is 49.1. The number of piperazine rings is 1. The molecule has 3 rings (SSSR count). The molecule has 1 fully saturated rings. The van der Waals surface area contributed by atoms with Gasteiger partial charge in [-0.15, -0.1) is 0 Å². The van der Waals surface area contributed by atoms with Crippen molar-refractivity contribution in [2.24, 2.45) is 0 Å². The maximum Gasteiger partial charge on any atom is 0.319 e. The number of hydroxylamine groups is 1. The predicted octanol–water partition coefficient (Wildman–Crippen LogP) is 2.54. The number of likely N-dealkylation sites (N-methyl/N-ethyl adjacent to an activating group) is 2. The van der Waals surface area contributed by atoms with Crippen LogP contribution in [0.5, 0.6) is 11.5 Å². The maximum atomic E-state index is 14.8. The van der Waals surface area contributed by atoms with E-state index < -0.39 is 40.8 Å². The van der Waals surface area contributed by atoms with Crippen LogP contribution in [0.15, 0.2) is 41.3 Å². The number of ether oxygens (including phenoxy) is 1. The van der Waals surface area contributed by atoms with Gasteiger partial charge >= 0.3 is 6.03 Å². The van der Waals surface area contributed by atoms with Crippen LogP contribution in [0.1, 0.15) is 0 Å². The average molecular weight is 560 g/mol. The first-order valence-corrected chi connectivity index (χ1v) is 12.8. The van der Waals surface area contributed by atoms with Crippen molar-refractivity contribution in [3.05, 3.63) is 53.1 Å². The lowest BCUT2D eigenvalue weighted by molar-refractivity contribution is -0.129. The maximum absolute atomic E-state index is 14.8. The van der Waals surface area contributed by atoms with Gasteiger partial charge in [-0.25, -0.2) is 27.6 Å². The lowest BCUT2D eigenvalue weighted by Crippen LogP contribution is -2.52. The summed E-state index contributed by atoms with van der Waals surface area (Å²) in [7, 11) is 1.32. The molecule has 0 aromatic heterocycles. The van der Waals surface area contributed by atoms with Crippen LogP contribution in [-0.4, -0.2) is 100 Å². The monoisotopic (exact) mass is 559 g/mol. The molecular formula is C23H28ClF2N5O5S. The largest absolute Gasteiger partial charge is 0.451 e. The Morgan fingerprint density at radius 2 is 1.70 bits per heavy atom. The molecule has 2 N–H and O–H groups in total. The Labute approximate surface area is 220 Å². The fourth-order valence-corrected chi connectivity index (χ4v) is 4.83. The van der Waals surface area contributed by atoms with Crippen molar-refractivity contribution in [1.82, 2.24) is 24.5 Å². The fraction of sp³-hybridized carbons (Fsp3) is 0.391. The molecule has 2 aromatic carbocycles. The SMILES string of the molecule is CN1CCN(C(=O)N(C)CCN(CC(=O)NO)S(=O)c2cc(F)c(Oc3ccc(Cl)cc3)c(F)c2)CC1. The van der Waals surface area contributed by atoms with E-state index in [2.05, 4.69) is 4.90 Å². The zero-order valence-corrected chi connectivity index (χ0v) is 21.9. The standard InChI is InChI=1S/C23H28ClF2N5O5S/c1-28-7-10-30(11-8-28)23(33)29(2)9-12-31(15-21(32)27-34)37(35)18-13-19(25)22(20(26)14-18)36-17-5-3-16(24)4-6-17/h3-6,13-14,34H,7-12,15H2,1-2H3,(H,27,32). The zero-order chi connectivity index (χ0) is 27.1. The Bertz CT molecular complexity index is 1110. The third-order valence-corrected chi connectivity index (χ3v) is 7.34. The lowest BCUT2D eigenvalue weighted by Gasteiger charge is -2.35. The minimum absolute atomic E-state index is 0.0678. The average Bonchev–Trinajstić information content (AvgIpc) is 2.88. The van der Waals surface area contributed by atoms with Crippen LogP contribution in [0.4, 0.5) is 13.6 Å². The topological polar surface area (TPSA) is 106 Å². The van der Waals surface area contributed by atoms with E-state index in [-0.39, 0.29) is 29.8 Å². The number of carbonyl (C=O) groups excluding carboxylic acids is 2. The molecule has 1 heterocycles. The molecule has 2 aromatic rings. The first-order chi connectivity index (χ1) is 17.6. The van der Waals surface area contributed by atoms with Gasteiger partial charge in [0.15, 0.2) is 17.4 Å². The molecule has 0 spiro atoms. The van der Waals surface area contributed by atoms with Crippen molar-refractivity contribution < 1.29 is 32.5 Å². The van der Waals surface area contributed by atoms with Crippen molar-refractivity contribution in [2.75, 3.05) is 59.9 Å². The molecule has 3 amide bonds. The van der Waals surface area contributed by atoms with Gasteiger partial charge in [0.2, 0.25) is 0 Å². The van der Waals surface area contributed by atoms with E-state index in [0.717, 1.165) is 29.5 Å². The molecule has 37 heavy (non-hydrogen) atoms. The molecular weight excluding hydrogens is 532 g/mol. The molecule has 1 saturated heterocycles. The van der Waals surface area contributed by atoms with Gasteiger partial charge in [0.1, 0.15) is 16.7 Å². The second kappa shape index (κ2) is 13.1. The molecule has 1 aliphatic rings. The van der Waals surface area contributed by atoms with E-state index in [4.69, 9.17) is 21.5 Å². The number of amides is 3. The predicted molar refractivity (Wildman–Crippen MR) is 133 cm³/mol. The van der Waals surface area contributed by atoms with E-state index in [1.807, 2.05) is 7.05 Å². The van der Waals surface area contributed by atoms with E-state index >= 15 is 0 Å². The van der Waals surface area contributed by atoms with Crippen LogP contribution in [0.2, 0.25) is 5.02 Å². The number of nitrogens with zero attached hydrogens (tertiary/aromatic N) is 4. The molecule has 0 saturated carbocycles. The first kappa shape index (κ1) is 28.7. The van der Waals surface area contributed by atoms with E-state index in [9.17, 15) is 22.6 Å². The van der Waals surface area contributed by atoms with Gasteiger partial charge in [-0.05, 0) is 43.4 Å². The Kier molecular flexibility index (Phi) is 10.2. The Morgan fingerprint density at radius 3 is 2.27 bits per heavy atom. The smallest absolute Gasteiger partial charge is 0.319 e. The summed E-state index contributed by atoms with van der Waals surface area (Å²) in [6, 6.07) is 7.30. The molecule has 0 aliphatic carbocycles. The minimum Gasteiger partial charge on any atom is -0.451 e. The second-order valence-electron chi connectivity index (χ2n) is 8.41. The number of urea groups is 1. The van der Waals surface area contributed by atoms with Gasteiger partial charge in [0.25, 0.3) is 5.91 Å². The number of halogens is 3. The van der Waals surface area contributed by atoms with Crippen LogP contribution >= 0.6 is 11.6 Å². The molecule has 10 nitrogen and oxygen atoms in total. The molecule has 0 radical (unpaired) electrons. The van der Waals surface area contributed by atoms with Crippen LogP contribution < -0.4 is 10.2 Å². The molecule has 14 heteroatoms. The molecule has 202 valence electrons. The second-order valence-corrected chi connectivity index (χ2v) is 10.3. The van der Waals surface area contributed by atoms with Gasteiger partial charge in [0.05, 0.1) is 11.4 Å². The van der Waals surface area contributed by atoms with Crippen LogP contribution in [0.25, 0.3) is 0 Å². The Morgan fingerprint density at radius 1 is 1.11 bits per heavy atom. The van der Waals surface area contributed by atoms with Crippen molar-refractivity contribution in [1.29, 1.82) is 0 Å². The zero-order valence-electron chi connectivity index (χ0n) is 20.3. The molecule has 0 bridgehead atoms. The number of hydrogen-bond donors (Lipinski definition) is 2. The van der Waals surface area contributed by atoms with Gasteiger partial charge in [0, 0.05) is 51.3 Å². The molecule has 1 aliphatic heterocycles. The van der Waals surface area contributed by atoms with Crippen molar-refractivity contribution >= 4 is 34.5 Å². The number of nitrogens with one attached hydrogen (secondary N) is 1. The van der Waals surface area contributed by atoms with Gasteiger partial charge < -0.3 is 19.4 Å². The normalized spacial score (nSPS) is 14.9. The summed E-state index contributed by atoms with van der Waals surface area (Å²) in [4.78, 5) is 29.5. The number of carbonyl (C=O) groups is 2. The highest BCUT2D eigenvalue weighted by molar-refractivity contribution is 7.82. The highest BCUT2D eigenvalue weighted by Gasteiger charge is 2.26. The van der Waals surface area contributed by atoms with Crippen molar-refractivity contribution in [3.8, 4) is 11.5 Å². The summed E-state index contributed by atoms with van der Waals surface area (Å²) in [6.07, 6.45) is 0. The fourth-order valence-electron chi connectivity index (χ4n) is 3.52. The Balaban J connectivity index is 1.72. The lowest BCUT2D eigenvalue weighted by atomic mass is 10.3. The molecule has 1 unspecified atom stereocenters. The van der Waals surface area contributed by atoms with Gasteiger partial charge in [-0.3, -0.25) is 10.0 Å². The van der Waals surface area contributed by atoms with Crippen LogP contribution in [-0.2, 0) is 15.8 Å². The number of hydrogen-bond acceptors (Lipinski definition) is 6. The summed E-state index contributed by atoms with van der Waals surface area (Å²) in [5, 5.41) is 9.35. The van der Waals surface area contributed by atoms with Gasteiger partial charge in [-0.1, -0.05) is 11.6 Å². The minimum atomic E-state index is -2.21. The first-order valence-electron chi connectivity index (χ1n) is 11.3. The van der Waals surface area contributed by atoms with E-state index in [1.54, 1.807) is 11.9 Å². The third kappa shape index (κ3) is 7.82. The number of rotatable bonds is 9. The quantitative estimate of drug-likeness (QED) is 0.361. The molecule has 1 atom stereocenters. The van der Waals surface area contributed by atoms with Crippen LogP contribution in [0.3, 0.4) is 0 Å². The summed E-state index contributed by atoms with van der Waals surface area (Å²) in [5.74, 6) is -3.64. The third-order valence-electron chi connectivity index (χ3n) is 5.67. The Hall–Kier alpha value is -2.84. The summed E-state index contributed by atoms with van der Waals surface area (Å²) in [5.41, 5.74) is 1.45. The van der Waals surface area contributed by atoms with Crippen LogP contribution in [0, 0.1) is 11.6 Å². The van der Waals surface area contributed by atoms with E-state index in [0.29, 0.717) is 18.1 Å². The van der Waals surface area contributed by atoms with Crippen molar-refractivity contribution in [2.45, 2.75) is 4.90 Å². The summed E-state index contributed by atoms with van der Waals surface area (Å²) >= 11 is 5.80.